The maximum atomic E-state index is 8.88. The summed E-state index contributed by atoms with van der Waals surface area (Å²) >= 11 is 0. The normalized spacial score (nSPS) is 8.12. The summed E-state index contributed by atoms with van der Waals surface area (Å²) in [7, 11) is -4.64. The van der Waals surface area contributed by atoms with E-state index in [1.807, 2.05) is 0 Å². The second-order valence-electron chi connectivity index (χ2n) is 0.513. The van der Waals surface area contributed by atoms with Crippen molar-refractivity contribution < 1.29 is 38.7 Å². The third-order valence-corrected chi connectivity index (χ3v) is 0. The molecule has 8 heavy (non-hydrogen) atoms. The number of rotatable bonds is 0. The molecule has 0 rings (SSSR count). The number of hydrogen-bond acceptors (Lipinski definition) is 1. The van der Waals surface area contributed by atoms with Gasteiger partial charge in [0.2, 0.25) is 0 Å². The van der Waals surface area contributed by atoms with Crippen LogP contribution in [0.15, 0.2) is 0 Å². The molecule has 0 saturated heterocycles. The summed E-state index contributed by atoms with van der Waals surface area (Å²) in [6.45, 7) is 5.00. The Labute approximate surface area is 60.9 Å². The van der Waals surface area contributed by atoms with Gasteiger partial charge in [-0.2, -0.15) is 6.92 Å². The van der Waals surface area contributed by atoms with Crippen LogP contribution in [0.2, 0.25) is 0 Å². The van der Waals surface area contributed by atoms with Crippen molar-refractivity contribution in [2.75, 3.05) is 0 Å². The Balaban J connectivity index is -0.0000000750. The molecule has 0 aliphatic heterocycles. The van der Waals surface area contributed by atoms with E-state index in [4.69, 9.17) is 19.2 Å². The van der Waals surface area contributed by atoms with Crippen LogP contribution in [0, 0.1) is 6.92 Å². The van der Waals surface area contributed by atoms with Crippen molar-refractivity contribution in [2.45, 2.75) is 6.92 Å². The maximum Gasteiger partial charge on any atom is 0.466 e. The first-order valence-electron chi connectivity index (χ1n) is 1.49. The summed E-state index contributed by atoms with van der Waals surface area (Å²) in [6.07, 6.45) is 0. The van der Waals surface area contributed by atoms with E-state index in [2.05, 4.69) is 6.92 Å². The van der Waals surface area contributed by atoms with Crippen molar-refractivity contribution in [1.82, 2.24) is 0 Å². The fourth-order valence-corrected chi connectivity index (χ4v) is 0. The average molecular weight is 192 g/mol. The van der Waals surface area contributed by atoms with Crippen LogP contribution in [-0.2, 0) is 24.0 Å². The maximum absolute atomic E-state index is 8.88. The van der Waals surface area contributed by atoms with E-state index in [1.165, 1.54) is 0 Å². The zero-order chi connectivity index (χ0) is 6.50. The molecule has 0 atom stereocenters. The second-order valence-corrected chi connectivity index (χ2v) is 1.54. The van der Waals surface area contributed by atoms with Crippen LogP contribution in [0.25, 0.3) is 0 Å². The second kappa shape index (κ2) is 7.73. The fourth-order valence-electron chi connectivity index (χ4n) is 0. The minimum absolute atomic E-state index is 0. The smallest absolute Gasteiger partial charge is 0.346 e. The molecule has 6 heteroatoms. The Bertz CT molecular complexity index is 60.2. The van der Waals surface area contributed by atoms with Gasteiger partial charge < -0.3 is 21.6 Å². The van der Waals surface area contributed by atoms with Crippen LogP contribution in [0.4, 0.5) is 0 Å². The molecule has 0 aliphatic carbocycles. The Morgan fingerprint density at radius 1 is 1.25 bits per heavy atom. The van der Waals surface area contributed by atoms with Crippen LogP contribution in [0.1, 0.15) is 6.92 Å². The first-order valence-corrected chi connectivity index (χ1v) is 3.05. The van der Waals surface area contributed by atoms with Gasteiger partial charge in [-0.3, -0.25) is 0 Å². The van der Waals surface area contributed by atoms with E-state index in [-0.39, 0.29) is 19.5 Å². The van der Waals surface area contributed by atoms with Gasteiger partial charge >= 0.3 is 7.82 Å². The van der Waals surface area contributed by atoms with Gasteiger partial charge in [-0.05, 0) is 0 Å². The van der Waals surface area contributed by atoms with Gasteiger partial charge in [0, 0.05) is 19.5 Å². The van der Waals surface area contributed by atoms with Gasteiger partial charge in [-0.1, -0.05) is 0 Å². The summed E-state index contributed by atoms with van der Waals surface area (Å²) < 4.78 is 8.88. The Morgan fingerprint density at radius 2 is 1.25 bits per heavy atom. The van der Waals surface area contributed by atoms with Crippen LogP contribution in [-0.4, -0.2) is 14.7 Å². The van der Waals surface area contributed by atoms with E-state index in [1.54, 1.807) is 6.92 Å². The molecule has 0 bridgehead atoms. The molecule has 0 aromatic rings. The van der Waals surface area contributed by atoms with Crippen LogP contribution in [0.5, 0.6) is 0 Å². The van der Waals surface area contributed by atoms with Crippen molar-refractivity contribution in [1.29, 1.82) is 0 Å². The van der Waals surface area contributed by atoms with Crippen molar-refractivity contribution in [3.05, 3.63) is 6.92 Å². The van der Waals surface area contributed by atoms with Crippen LogP contribution >= 0.6 is 7.82 Å². The molecule has 0 aromatic heterocycles. The molecule has 0 radical (unpaired) electrons. The monoisotopic (exact) mass is 191 g/mol. The SMILES string of the molecule is O=P(O)(O)O.[CH2-]C.[Zn]. The minimum Gasteiger partial charge on any atom is -0.346 e. The minimum atomic E-state index is -4.64. The fraction of sp³-hybridized carbons (Fsp3) is 0.500. The molecule has 0 saturated carbocycles. The molecule has 0 aromatic carbocycles. The summed E-state index contributed by atoms with van der Waals surface area (Å²) in [4.78, 5) is 21.6. The van der Waals surface area contributed by atoms with Crippen LogP contribution in [0.3, 0.4) is 0 Å². The molecule has 0 fully saturated rings. The largest absolute Gasteiger partial charge is 0.466 e. The van der Waals surface area contributed by atoms with Gasteiger partial charge in [-0.25, -0.2) is 4.57 Å². The first kappa shape index (κ1) is 15.9. The molecule has 0 heterocycles. The van der Waals surface area contributed by atoms with E-state index in [0.29, 0.717) is 0 Å². The summed E-state index contributed by atoms with van der Waals surface area (Å²) in [5.74, 6) is 0. The quantitative estimate of drug-likeness (QED) is 0.285. The van der Waals surface area contributed by atoms with Gasteiger partial charge in [0.25, 0.3) is 0 Å². The average Bonchev–Trinajstić information content (AvgIpc) is 1.36. The zero-order valence-corrected chi connectivity index (χ0v) is 8.47. The van der Waals surface area contributed by atoms with Crippen LogP contribution < -0.4 is 0 Å². The number of phosphoric acid groups is 1. The van der Waals surface area contributed by atoms with Crippen molar-refractivity contribution in [3.63, 3.8) is 0 Å². The molecule has 48 valence electrons. The summed E-state index contributed by atoms with van der Waals surface area (Å²) in [5.41, 5.74) is 0. The van der Waals surface area contributed by atoms with E-state index >= 15 is 0 Å². The molecule has 4 nitrogen and oxygen atoms in total. The summed E-state index contributed by atoms with van der Waals surface area (Å²) in [6, 6.07) is 0. The third-order valence-electron chi connectivity index (χ3n) is 0. The van der Waals surface area contributed by atoms with Gasteiger partial charge in [0.1, 0.15) is 0 Å². The molecular formula is C2H8O4PZn-. The predicted octanol–water partition coefficient (Wildman–Crippen LogP) is -0.0907. The van der Waals surface area contributed by atoms with Gasteiger partial charge in [-0.15, -0.1) is 0 Å². The van der Waals surface area contributed by atoms with E-state index < -0.39 is 7.82 Å². The first-order chi connectivity index (χ1) is 3.00. The molecule has 0 aliphatic rings. The third kappa shape index (κ3) is 412. The Hall–Kier alpha value is 0.733. The molecule has 0 unspecified atom stereocenters. The predicted molar refractivity (Wildman–Crippen MR) is 25.3 cm³/mol. The van der Waals surface area contributed by atoms with Crippen molar-refractivity contribution in [3.8, 4) is 0 Å². The molecule has 0 amide bonds. The van der Waals surface area contributed by atoms with Crippen molar-refractivity contribution in [2.24, 2.45) is 0 Å². The Morgan fingerprint density at radius 3 is 1.25 bits per heavy atom. The van der Waals surface area contributed by atoms with Gasteiger partial charge in [0.15, 0.2) is 0 Å². The van der Waals surface area contributed by atoms with Gasteiger partial charge in [0.05, 0.1) is 0 Å². The van der Waals surface area contributed by atoms with Crippen molar-refractivity contribution >= 4 is 7.82 Å². The van der Waals surface area contributed by atoms with E-state index in [0.717, 1.165) is 0 Å². The zero-order valence-electron chi connectivity index (χ0n) is 4.61. The molecule has 0 spiro atoms. The standard InChI is InChI=1S/C2H5.H3O4P.Zn/c1-2;1-5(2,3)4;/h1H2,2H3;(H3,1,2,3,4);/q-1;;. The molecular weight excluding hydrogens is 184 g/mol. The topological polar surface area (TPSA) is 77.8 Å². The molecule has 3 N–H and O–H groups in total. The van der Waals surface area contributed by atoms with E-state index in [9.17, 15) is 0 Å². The number of hydrogen-bond donors (Lipinski definition) is 3. The summed E-state index contributed by atoms with van der Waals surface area (Å²) in [5, 5.41) is 0. The Kier molecular flexibility index (Phi) is 15.4.